The molecule has 0 atom stereocenters. The summed E-state index contributed by atoms with van der Waals surface area (Å²) in [5.74, 6) is -0.816. The Bertz CT molecular complexity index is 743. The Kier molecular flexibility index (Phi) is 4.85. The summed E-state index contributed by atoms with van der Waals surface area (Å²) in [4.78, 5) is 26.7. The van der Waals surface area contributed by atoms with Crippen LogP contribution in [0.25, 0.3) is 0 Å². The first-order valence-corrected chi connectivity index (χ1v) is 8.02. The number of aryl methyl sites for hydroxylation is 1. The largest absolute Gasteiger partial charge is 0.485 e. The van der Waals surface area contributed by atoms with Gasteiger partial charge in [-0.3, -0.25) is 4.79 Å². The summed E-state index contributed by atoms with van der Waals surface area (Å²) in [6.07, 6.45) is 0. The number of ether oxygens (including phenoxy) is 1. The average molecular weight is 333 g/mol. The highest BCUT2D eigenvalue weighted by Gasteiger charge is 2.21. The second-order valence-corrected chi connectivity index (χ2v) is 7.16. The molecule has 0 bridgehead atoms. The summed E-state index contributed by atoms with van der Waals surface area (Å²) in [5.41, 5.74) is 1.92. The van der Waals surface area contributed by atoms with Gasteiger partial charge in [-0.15, -0.1) is 11.3 Å². The van der Waals surface area contributed by atoms with Gasteiger partial charge in [0.05, 0.1) is 0 Å². The summed E-state index contributed by atoms with van der Waals surface area (Å²) >= 11 is 1.01. The lowest BCUT2D eigenvalue weighted by atomic mass is 9.85. The van der Waals surface area contributed by atoms with Gasteiger partial charge in [-0.05, 0) is 24.0 Å². The van der Waals surface area contributed by atoms with E-state index < -0.39 is 5.97 Å². The zero-order valence-corrected chi connectivity index (χ0v) is 14.4. The van der Waals surface area contributed by atoms with Crippen LogP contribution in [-0.2, 0) is 5.41 Å². The number of rotatable bonds is 5. The highest BCUT2D eigenvalue weighted by Crippen LogP contribution is 2.32. The molecule has 1 aromatic carbocycles. The minimum Gasteiger partial charge on any atom is -0.485 e. The molecule has 1 N–H and O–H groups in total. The smallest absolute Gasteiger partial charge is 0.355 e. The lowest BCUT2D eigenvalue weighted by molar-refractivity contribution is 0.0691. The van der Waals surface area contributed by atoms with E-state index >= 15 is 0 Å². The molecule has 5 nitrogen and oxygen atoms in total. The molecule has 122 valence electrons. The van der Waals surface area contributed by atoms with Gasteiger partial charge in [0.15, 0.2) is 17.3 Å². The molecule has 6 heteroatoms. The third kappa shape index (κ3) is 4.16. The van der Waals surface area contributed by atoms with Gasteiger partial charge < -0.3 is 9.84 Å². The van der Waals surface area contributed by atoms with Crippen LogP contribution in [0.15, 0.2) is 23.6 Å². The first-order chi connectivity index (χ1) is 10.7. The standard InChI is InChI=1S/C17H19NO4S/c1-10-5-6-14(11(7-10)17(2,3)4)22-8-13(19)15-18-12(9-23-15)16(20)21/h5-7,9H,8H2,1-4H3,(H,20,21). The van der Waals surface area contributed by atoms with E-state index in [2.05, 4.69) is 25.8 Å². The van der Waals surface area contributed by atoms with Gasteiger partial charge in [0.1, 0.15) is 5.75 Å². The maximum absolute atomic E-state index is 12.1. The van der Waals surface area contributed by atoms with Gasteiger partial charge in [0, 0.05) is 5.38 Å². The van der Waals surface area contributed by atoms with Gasteiger partial charge in [-0.2, -0.15) is 0 Å². The minimum absolute atomic E-state index is 0.109. The van der Waals surface area contributed by atoms with Gasteiger partial charge in [0.2, 0.25) is 5.78 Å². The average Bonchev–Trinajstić information content (AvgIpc) is 2.94. The minimum atomic E-state index is -1.14. The van der Waals surface area contributed by atoms with Crippen LogP contribution in [0.4, 0.5) is 0 Å². The van der Waals surface area contributed by atoms with Crippen molar-refractivity contribution in [2.24, 2.45) is 0 Å². The number of carbonyl (C=O) groups is 2. The van der Waals surface area contributed by atoms with Crippen LogP contribution < -0.4 is 4.74 Å². The van der Waals surface area contributed by atoms with Crippen LogP contribution in [0.5, 0.6) is 5.75 Å². The quantitative estimate of drug-likeness (QED) is 0.844. The number of benzene rings is 1. The number of carboxylic acids is 1. The molecule has 0 amide bonds. The molecule has 0 aliphatic rings. The fraction of sp³-hybridized carbons (Fsp3) is 0.353. The Labute approximate surface area is 138 Å². The molecular weight excluding hydrogens is 314 g/mol. The molecule has 0 saturated heterocycles. The van der Waals surface area contributed by atoms with E-state index in [1.54, 1.807) is 0 Å². The van der Waals surface area contributed by atoms with Crippen LogP contribution >= 0.6 is 11.3 Å². The first kappa shape index (κ1) is 17.1. The summed E-state index contributed by atoms with van der Waals surface area (Å²) < 4.78 is 5.67. The molecule has 0 unspecified atom stereocenters. The number of thiazole rings is 1. The first-order valence-electron chi connectivity index (χ1n) is 7.14. The Hall–Kier alpha value is -2.21. The van der Waals surface area contributed by atoms with Gasteiger partial charge in [-0.25, -0.2) is 9.78 Å². The normalized spacial score (nSPS) is 11.3. The highest BCUT2D eigenvalue weighted by molar-refractivity contribution is 7.12. The molecule has 0 radical (unpaired) electrons. The molecule has 0 saturated carbocycles. The van der Waals surface area contributed by atoms with Crippen molar-refractivity contribution in [3.05, 3.63) is 45.4 Å². The van der Waals surface area contributed by atoms with E-state index in [0.717, 1.165) is 22.5 Å². The van der Waals surface area contributed by atoms with Crippen molar-refractivity contribution in [3.63, 3.8) is 0 Å². The predicted molar refractivity (Wildman–Crippen MR) is 88.8 cm³/mol. The Balaban J connectivity index is 2.14. The van der Waals surface area contributed by atoms with E-state index in [4.69, 9.17) is 9.84 Å². The predicted octanol–water partition coefficient (Wildman–Crippen LogP) is 3.71. The molecule has 0 fully saturated rings. The van der Waals surface area contributed by atoms with Crippen LogP contribution in [-0.4, -0.2) is 28.4 Å². The monoisotopic (exact) mass is 333 g/mol. The van der Waals surface area contributed by atoms with Gasteiger partial charge >= 0.3 is 5.97 Å². The lowest BCUT2D eigenvalue weighted by Crippen LogP contribution is -2.17. The SMILES string of the molecule is Cc1ccc(OCC(=O)c2nc(C(=O)O)cs2)c(C(C)(C)C)c1. The zero-order chi connectivity index (χ0) is 17.2. The topological polar surface area (TPSA) is 76.5 Å². The number of Topliss-reactive ketones (excluding diaryl/α,β-unsaturated/α-hetero) is 1. The second kappa shape index (κ2) is 6.50. The van der Waals surface area contributed by atoms with Crippen molar-refractivity contribution in [2.45, 2.75) is 33.1 Å². The van der Waals surface area contributed by atoms with E-state index in [-0.39, 0.29) is 28.5 Å². The van der Waals surface area contributed by atoms with Crippen molar-refractivity contribution >= 4 is 23.1 Å². The van der Waals surface area contributed by atoms with Crippen LogP contribution in [0, 0.1) is 6.92 Å². The third-order valence-electron chi connectivity index (χ3n) is 3.26. The number of hydrogen-bond donors (Lipinski definition) is 1. The highest BCUT2D eigenvalue weighted by atomic mass is 32.1. The van der Waals surface area contributed by atoms with Crippen molar-refractivity contribution in [3.8, 4) is 5.75 Å². The number of aromatic carboxylic acids is 1. The lowest BCUT2D eigenvalue weighted by Gasteiger charge is -2.23. The molecule has 2 aromatic rings. The van der Waals surface area contributed by atoms with Gasteiger partial charge in [-0.1, -0.05) is 38.5 Å². The number of hydrogen-bond acceptors (Lipinski definition) is 5. The summed E-state index contributed by atoms with van der Waals surface area (Å²) in [6.45, 7) is 8.08. The van der Waals surface area contributed by atoms with Crippen LogP contribution in [0.1, 0.15) is 52.2 Å². The summed E-state index contributed by atoms with van der Waals surface area (Å²) in [7, 11) is 0. The maximum atomic E-state index is 12.1. The molecule has 2 rings (SSSR count). The number of carbonyl (C=O) groups excluding carboxylic acids is 1. The molecular formula is C17H19NO4S. The Morgan fingerprint density at radius 1 is 1.30 bits per heavy atom. The fourth-order valence-corrected chi connectivity index (χ4v) is 2.78. The summed E-state index contributed by atoms with van der Waals surface area (Å²) in [6, 6.07) is 5.83. The Morgan fingerprint density at radius 3 is 2.57 bits per heavy atom. The van der Waals surface area contributed by atoms with E-state index in [9.17, 15) is 9.59 Å². The molecule has 0 spiro atoms. The van der Waals surface area contributed by atoms with Gasteiger partial charge in [0.25, 0.3) is 0 Å². The second-order valence-electron chi connectivity index (χ2n) is 6.30. The molecule has 1 aromatic heterocycles. The number of carboxylic acid groups (broad SMARTS) is 1. The van der Waals surface area contributed by atoms with Crippen LogP contribution in [0.2, 0.25) is 0 Å². The summed E-state index contributed by atoms with van der Waals surface area (Å²) in [5, 5.41) is 10.3. The van der Waals surface area contributed by atoms with E-state index in [0.29, 0.717) is 5.75 Å². The molecule has 23 heavy (non-hydrogen) atoms. The van der Waals surface area contributed by atoms with E-state index in [1.165, 1.54) is 5.38 Å². The van der Waals surface area contributed by atoms with Crippen LogP contribution in [0.3, 0.4) is 0 Å². The Morgan fingerprint density at radius 2 is 2.00 bits per heavy atom. The zero-order valence-electron chi connectivity index (χ0n) is 13.5. The van der Waals surface area contributed by atoms with Crippen molar-refractivity contribution in [1.29, 1.82) is 0 Å². The number of aromatic nitrogens is 1. The molecule has 1 heterocycles. The molecule has 0 aliphatic heterocycles. The van der Waals surface area contributed by atoms with Crippen molar-refractivity contribution in [1.82, 2.24) is 4.98 Å². The fourth-order valence-electron chi connectivity index (χ4n) is 2.06. The van der Waals surface area contributed by atoms with Crippen molar-refractivity contribution in [2.75, 3.05) is 6.61 Å². The van der Waals surface area contributed by atoms with E-state index in [1.807, 2.05) is 25.1 Å². The maximum Gasteiger partial charge on any atom is 0.355 e. The third-order valence-corrected chi connectivity index (χ3v) is 4.15. The van der Waals surface area contributed by atoms with Crippen molar-refractivity contribution < 1.29 is 19.4 Å². The number of nitrogens with zero attached hydrogens (tertiary/aromatic N) is 1. The number of ketones is 1. The molecule has 0 aliphatic carbocycles.